The molecule has 5 rings (SSSR count). The predicted molar refractivity (Wildman–Crippen MR) is 135 cm³/mol. The molecule has 0 unspecified atom stereocenters. The van der Waals surface area contributed by atoms with E-state index >= 15 is 0 Å². The molecular weight excluding hydrogens is 426 g/mol. The molecule has 0 radical (unpaired) electrons. The normalized spacial score (nSPS) is 18.0. The second-order valence-corrected chi connectivity index (χ2v) is 10.4. The summed E-state index contributed by atoms with van der Waals surface area (Å²) in [7, 11) is 1.77. The van der Waals surface area contributed by atoms with E-state index in [4.69, 9.17) is 0 Å². The molecule has 2 amide bonds. The number of fused-ring (bicyclic) bond motifs is 2. The molecule has 178 valence electrons. The highest BCUT2D eigenvalue weighted by Crippen LogP contribution is 2.38. The number of carbonyl (C=O) groups is 2. The summed E-state index contributed by atoms with van der Waals surface area (Å²) in [5.41, 5.74) is 6.61. The van der Waals surface area contributed by atoms with Gasteiger partial charge in [0, 0.05) is 41.4 Å². The predicted octanol–water partition coefficient (Wildman–Crippen LogP) is 4.60. The number of amides is 2. The molecule has 1 aromatic carbocycles. The molecule has 1 aliphatic carbocycles. The summed E-state index contributed by atoms with van der Waals surface area (Å²) in [4.78, 5) is 32.1. The van der Waals surface area contributed by atoms with E-state index < -0.39 is 0 Å². The van der Waals surface area contributed by atoms with Crippen molar-refractivity contribution in [2.45, 2.75) is 52.4 Å². The average molecular weight is 460 g/mol. The van der Waals surface area contributed by atoms with Crippen LogP contribution in [0.1, 0.15) is 50.8 Å². The van der Waals surface area contributed by atoms with Gasteiger partial charge >= 0.3 is 0 Å². The van der Waals surface area contributed by atoms with Crippen molar-refractivity contribution in [1.29, 1.82) is 0 Å². The maximum absolute atomic E-state index is 13.0. The Balaban J connectivity index is 1.35. The van der Waals surface area contributed by atoms with E-state index in [2.05, 4.69) is 35.1 Å². The van der Waals surface area contributed by atoms with Crippen LogP contribution in [0.15, 0.2) is 36.4 Å². The quantitative estimate of drug-likeness (QED) is 0.598. The van der Waals surface area contributed by atoms with Gasteiger partial charge in [0.2, 0.25) is 11.8 Å². The summed E-state index contributed by atoms with van der Waals surface area (Å²) < 4.78 is 0. The average Bonchev–Trinajstić information content (AvgIpc) is 3.40. The summed E-state index contributed by atoms with van der Waals surface area (Å²) in [5.74, 6) is -0.186. The molecule has 2 aromatic heterocycles. The van der Waals surface area contributed by atoms with Gasteiger partial charge in [0.15, 0.2) is 0 Å². The van der Waals surface area contributed by atoms with Crippen molar-refractivity contribution in [3.05, 3.63) is 47.7 Å². The van der Waals surface area contributed by atoms with E-state index in [-0.39, 0.29) is 18.4 Å². The first-order chi connectivity index (χ1) is 16.3. The fraction of sp³-hybridized carbons (Fsp3) is 0.444. The van der Waals surface area contributed by atoms with Crippen LogP contribution in [0.2, 0.25) is 0 Å². The van der Waals surface area contributed by atoms with Crippen molar-refractivity contribution in [1.82, 2.24) is 20.1 Å². The Kier molecular flexibility index (Phi) is 5.80. The lowest BCUT2D eigenvalue weighted by Gasteiger charge is -2.28. The number of H-pyrrole nitrogens is 2. The van der Waals surface area contributed by atoms with Crippen molar-refractivity contribution in [3.8, 4) is 11.4 Å². The first-order valence-electron chi connectivity index (χ1n) is 12.2. The third kappa shape index (κ3) is 4.39. The number of nitrogens with zero attached hydrogens (tertiary/aromatic N) is 3. The van der Waals surface area contributed by atoms with Gasteiger partial charge in [0.1, 0.15) is 12.2 Å². The number of carbonyl (C=O) groups excluding carboxylic acids is 2. The van der Waals surface area contributed by atoms with Crippen LogP contribution in [-0.2, 0) is 22.4 Å². The largest absolute Gasteiger partial charge is 0.353 e. The summed E-state index contributed by atoms with van der Waals surface area (Å²) in [6.45, 7) is 5.31. The molecule has 3 aromatic rings. The standard InChI is InChI=1S/C27H33N5O2/c1-27(2)12-11-20-23(16-27)29-30-26(20)22-14-18-9-10-19(15-21(18)28-22)31(3)25(34)17-32-13-7-5-4-6-8-24(32)33/h6,8-10,14-15,28H,4-5,7,11-13,16-17H2,1-3H3,(H,29,30). The molecule has 0 bridgehead atoms. The highest BCUT2D eigenvalue weighted by atomic mass is 16.2. The molecule has 1 aliphatic heterocycles. The molecular formula is C27H33N5O2. The minimum absolute atomic E-state index is 0.0865. The number of aromatic amines is 2. The molecule has 3 heterocycles. The Morgan fingerprint density at radius 1 is 1.24 bits per heavy atom. The zero-order valence-electron chi connectivity index (χ0n) is 20.3. The zero-order chi connectivity index (χ0) is 23.9. The van der Waals surface area contributed by atoms with Gasteiger partial charge in [-0.05, 0) is 68.2 Å². The van der Waals surface area contributed by atoms with Gasteiger partial charge in [-0.15, -0.1) is 0 Å². The Morgan fingerprint density at radius 2 is 2.09 bits per heavy atom. The summed E-state index contributed by atoms with van der Waals surface area (Å²) in [6, 6.07) is 8.10. The molecule has 0 fully saturated rings. The third-order valence-corrected chi connectivity index (χ3v) is 7.23. The fourth-order valence-electron chi connectivity index (χ4n) is 5.06. The lowest BCUT2D eigenvalue weighted by Crippen LogP contribution is -2.41. The van der Waals surface area contributed by atoms with Crippen LogP contribution in [0.4, 0.5) is 5.69 Å². The Morgan fingerprint density at radius 3 is 2.94 bits per heavy atom. The topological polar surface area (TPSA) is 85.1 Å². The number of hydrogen-bond donors (Lipinski definition) is 2. The number of hydrogen-bond acceptors (Lipinski definition) is 3. The highest BCUT2D eigenvalue weighted by Gasteiger charge is 2.29. The van der Waals surface area contributed by atoms with Gasteiger partial charge in [-0.2, -0.15) is 5.10 Å². The van der Waals surface area contributed by atoms with E-state index in [0.29, 0.717) is 12.0 Å². The first-order valence-corrected chi connectivity index (χ1v) is 12.2. The van der Waals surface area contributed by atoms with Crippen LogP contribution in [0.5, 0.6) is 0 Å². The Hall–Kier alpha value is -3.35. The number of rotatable bonds is 4. The SMILES string of the molecule is CN(C(=O)CN1CCCCC=CC1=O)c1ccc2cc(-c3n[nH]c4c3CCC(C)(C)C4)[nH]c2c1. The van der Waals surface area contributed by atoms with Gasteiger partial charge in [-0.1, -0.05) is 26.0 Å². The van der Waals surface area contributed by atoms with Crippen molar-refractivity contribution in [2.24, 2.45) is 5.41 Å². The lowest BCUT2D eigenvalue weighted by molar-refractivity contribution is -0.131. The van der Waals surface area contributed by atoms with Gasteiger partial charge in [0.25, 0.3) is 0 Å². The van der Waals surface area contributed by atoms with Crippen LogP contribution in [0.25, 0.3) is 22.3 Å². The van der Waals surface area contributed by atoms with E-state index in [9.17, 15) is 9.59 Å². The Bertz CT molecular complexity index is 1270. The van der Waals surface area contributed by atoms with E-state index in [1.165, 1.54) is 11.3 Å². The smallest absolute Gasteiger partial charge is 0.246 e. The number of allylic oxidation sites excluding steroid dienone is 1. The van der Waals surface area contributed by atoms with Crippen LogP contribution in [0, 0.1) is 5.41 Å². The van der Waals surface area contributed by atoms with Gasteiger partial charge in [-0.25, -0.2) is 0 Å². The van der Waals surface area contributed by atoms with Crippen molar-refractivity contribution >= 4 is 28.4 Å². The maximum Gasteiger partial charge on any atom is 0.246 e. The maximum atomic E-state index is 13.0. The molecule has 34 heavy (non-hydrogen) atoms. The van der Waals surface area contributed by atoms with Crippen molar-refractivity contribution in [3.63, 3.8) is 0 Å². The summed E-state index contributed by atoms with van der Waals surface area (Å²) in [6.07, 6.45) is 9.55. The fourth-order valence-corrected chi connectivity index (χ4v) is 5.06. The van der Waals surface area contributed by atoms with Gasteiger partial charge in [0.05, 0.1) is 5.69 Å². The van der Waals surface area contributed by atoms with E-state index in [1.807, 2.05) is 24.3 Å². The second kappa shape index (κ2) is 8.78. The van der Waals surface area contributed by atoms with Crippen LogP contribution in [0.3, 0.4) is 0 Å². The number of aromatic nitrogens is 3. The van der Waals surface area contributed by atoms with E-state index in [0.717, 1.165) is 66.5 Å². The first kappa shape index (κ1) is 22.4. The van der Waals surface area contributed by atoms with Crippen LogP contribution < -0.4 is 4.90 Å². The zero-order valence-corrected chi connectivity index (χ0v) is 20.3. The number of anilines is 1. The summed E-state index contributed by atoms with van der Waals surface area (Å²) in [5, 5.41) is 8.98. The van der Waals surface area contributed by atoms with E-state index in [1.54, 1.807) is 22.9 Å². The van der Waals surface area contributed by atoms with Gasteiger partial charge < -0.3 is 14.8 Å². The molecule has 7 heteroatoms. The van der Waals surface area contributed by atoms with Gasteiger partial charge in [-0.3, -0.25) is 14.7 Å². The molecule has 0 saturated carbocycles. The minimum atomic E-state index is -0.0996. The second-order valence-electron chi connectivity index (χ2n) is 10.4. The molecule has 0 saturated heterocycles. The van der Waals surface area contributed by atoms with Crippen molar-refractivity contribution < 1.29 is 9.59 Å². The number of benzene rings is 1. The van der Waals surface area contributed by atoms with Crippen LogP contribution in [-0.4, -0.2) is 52.0 Å². The molecule has 2 N–H and O–H groups in total. The molecule has 7 nitrogen and oxygen atoms in total. The third-order valence-electron chi connectivity index (χ3n) is 7.23. The highest BCUT2D eigenvalue weighted by molar-refractivity contribution is 5.99. The lowest BCUT2D eigenvalue weighted by atomic mass is 9.76. The Labute approximate surface area is 200 Å². The number of nitrogens with one attached hydrogen (secondary N) is 2. The van der Waals surface area contributed by atoms with Crippen molar-refractivity contribution in [2.75, 3.05) is 25.0 Å². The molecule has 0 spiro atoms. The van der Waals surface area contributed by atoms with Crippen LogP contribution >= 0.6 is 0 Å². The number of likely N-dealkylation sites (N-methyl/N-ethyl adjacent to an activating group) is 1. The summed E-state index contributed by atoms with van der Waals surface area (Å²) >= 11 is 0. The molecule has 0 atom stereocenters. The minimum Gasteiger partial charge on any atom is -0.353 e. The monoisotopic (exact) mass is 459 g/mol. The molecule has 2 aliphatic rings.